The summed E-state index contributed by atoms with van der Waals surface area (Å²) in [6.45, 7) is 2.04. The van der Waals surface area contributed by atoms with Crippen LogP contribution in [-0.2, 0) is 19.5 Å². The lowest BCUT2D eigenvalue weighted by Gasteiger charge is -2.29. The van der Waals surface area contributed by atoms with Crippen LogP contribution in [0.3, 0.4) is 0 Å². The number of anilines is 1. The first-order chi connectivity index (χ1) is 12.3. The number of hydrogen-bond donors (Lipinski definition) is 1. The summed E-state index contributed by atoms with van der Waals surface area (Å²) in [5.41, 5.74) is 3.00. The Morgan fingerprint density at radius 3 is 2.76 bits per heavy atom. The Morgan fingerprint density at radius 1 is 1.12 bits per heavy atom. The quantitative estimate of drug-likeness (QED) is 0.794. The van der Waals surface area contributed by atoms with Crippen molar-refractivity contribution in [2.45, 2.75) is 19.5 Å². The van der Waals surface area contributed by atoms with Crippen LogP contribution in [0, 0.1) is 0 Å². The topological polar surface area (TPSA) is 71.3 Å². The summed E-state index contributed by atoms with van der Waals surface area (Å²) in [5.74, 6) is 1.22. The third-order valence-corrected chi connectivity index (χ3v) is 4.33. The average Bonchev–Trinajstić information content (AvgIpc) is 3.19. The summed E-state index contributed by atoms with van der Waals surface area (Å²) in [7, 11) is 0. The lowest BCUT2D eigenvalue weighted by atomic mass is 10.0. The van der Waals surface area contributed by atoms with E-state index in [1.807, 2.05) is 6.07 Å². The predicted molar refractivity (Wildman–Crippen MR) is 93.1 cm³/mol. The van der Waals surface area contributed by atoms with E-state index in [-0.39, 0.29) is 5.91 Å². The van der Waals surface area contributed by atoms with Gasteiger partial charge in [-0.15, -0.1) is 0 Å². The highest BCUT2D eigenvalue weighted by atomic mass is 16.3. The molecule has 4 rings (SSSR count). The van der Waals surface area contributed by atoms with Gasteiger partial charge in [0.05, 0.1) is 25.2 Å². The van der Waals surface area contributed by atoms with Crippen molar-refractivity contribution in [2.75, 3.05) is 11.4 Å². The third kappa shape index (κ3) is 3.38. The fraction of sp³-hybridized carbons (Fsp3) is 0.211. The van der Waals surface area contributed by atoms with Crippen molar-refractivity contribution in [3.63, 3.8) is 0 Å². The molecule has 0 fully saturated rings. The standard InChI is InChI=1S/C19H18N4O2/c24-19(22-10-16-6-3-9-25-16)17-11-21-18(12-20-17)23-8-7-14-4-1-2-5-15(14)13-23/h1-6,9,11-12H,7-8,10,13H2,(H,22,24). The maximum atomic E-state index is 12.1. The SMILES string of the molecule is O=C(NCc1ccco1)c1cnc(N2CCc3ccccc3C2)cn1. The highest BCUT2D eigenvalue weighted by molar-refractivity contribution is 5.91. The van der Waals surface area contributed by atoms with E-state index in [1.54, 1.807) is 18.5 Å². The minimum Gasteiger partial charge on any atom is -0.467 e. The summed E-state index contributed by atoms with van der Waals surface area (Å²) in [6.07, 6.45) is 5.75. The van der Waals surface area contributed by atoms with Gasteiger partial charge in [0, 0.05) is 13.1 Å². The van der Waals surface area contributed by atoms with E-state index in [2.05, 4.69) is 44.5 Å². The lowest BCUT2D eigenvalue weighted by Crippen LogP contribution is -2.31. The van der Waals surface area contributed by atoms with Crippen LogP contribution in [-0.4, -0.2) is 22.4 Å². The third-order valence-electron chi connectivity index (χ3n) is 4.33. The molecular weight excluding hydrogens is 316 g/mol. The van der Waals surface area contributed by atoms with Crippen LogP contribution in [0.4, 0.5) is 5.82 Å². The summed E-state index contributed by atoms with van der Waals surface area (Å²) in [5, 5.41) is 2.76. The molecule has 0 bridgehead atoms. The first kappa shape index (κ1) is 15.4. The van der Waals surface area contributed by atoms with Crippen molar-refractivity contribution in [1.82, 2.24) is 15.3 Å². The van der Waals surface area contributed by atoms with Gasteiger partial charge in [0.1, 0.15) is 17.3 Å². The van der Waals surface area contributed by atoms with Crippen LogP contribution in [0.5, 0.6) is 0 Å². The normalized spacial score (nSPS) is 13.4. The zero-order valence-electron chi connectivity index (χ0n) is 13.7. The Hall–Kier alpha value is -3.15. The molecule has 126 valence electrons. The first-order valence-corrected chi connectivity index (χ1v) is 8.24. The molecule has 1 aliphatic heterocycles. The summed E-state index contributed by atoms with van der Waals surface area (Å²) in [6, 6.07) is 12.0. The molecule has 0 radical (unpaired) electrons. The summed E-state index contributed by atoms with van der Waals surface area (Å²) in [4.78, 5) is 23.0. The van der Waals surface area contributed by atoms with Crippen LogP contribution >= 0.6 is 0 Å². The number of rotatable bonds is 4. The molecule has 0 saturated heterocycles. The molecule has 0 saturated carbocycles. The Kier molecular flexibility index (Phi) is 4.16. The van der Waals surface area contributed by atoms with Gasteiger partial charge in [0.25, 0.3) is 5.91 Å². The molecule has 3 aromatic rings. The van der Waals surface area contributed by atoms with Crippen LogP contribution in [0.1, 0.15) is 27.4 Å². The Morgan fingerprint density at radius 2 is 2.00 bits per heavy atom. The van der Waals surface area contributed by atoms with Crippen LogP contribution in [0.15, 0.2) is 59.5 Å². The molecule has 1 amide bonds. The molecule has 1 aromatic carbocycles. The molecule has 0 atom stereocenters. The second-order valence-electron chi connectivity index (χ2n) is 5.96. The zero-order chi connectivity index (χ0) is 17.1. The van der Waals surface area contributed by atoms with E-state index in [4.69, 9.17) is 4.42 Å². The zero-order valence-corrected chi connectivity index (χ0v) is 13.7. The van der Waals surface area contributed by atoms with Gasteiger partial charge >= 0.3 is 0 Å². The van der Waals surface area contributed by atoms with E-state index in [0.717, 1.165) is 25.3 Å². The highest BCUT2D eigenvalue weighted by Crippen LogP contribution is 2.22. The number of fused-ring (bicyclic) bond motifs is 1. The number of amides is 1. The fourth-order valence-corrected chi connectivity index (χ4v) is 2.96. The second kappa shape index (κ2) is 6.76. The smallest absolute Gasteiger partial charge is 0.271 e. The monoisotopic (exact) mass is 334 g/mol. The molecule has 6 nitrogen and oxygen atoms in total. The minimum atomic E-state index is -0.264. The van der Waals surface area contributed by atoms with E-state index in [9.17, 15) is 4.79 Å². The molecule has 25 heavy (non-hydrogen) atoms. The second-order valence-corrected chi connectivity index (χ2v) is 5.96. The number of aromatic nitrogens is 2. The van der Waals surface area contributed by atoms with Crippen LogP contribution in [0.25, 0.3) is 0 Å². The maximum absolute atomic E-state index is 12.1. The predicted octanol–water partition coefficient (Wildman–Crippen LogP) is 2.56. The number of nitrogens with zero attached hydrogens (tertiary/aromatic N) is 3. The van der Waals surface area contributed by atoms with Gasteiger partial charge in [-0.25, -0.2) is 9.97 Å². The van der Waals surface area contributed by atoms with Crippen molar-refractivity contribution < 1.29 is 9.21 Å². The van der Waals surface area contributed by atoms with E-state index >= 15 is 0 Å². The van der Waals surface area contributed by atoms with Crippen molar-refractivity contribution in [3.8, 4) is 0 Å². The number of furan rings is 1. The molecule has 0 unspecified atom stereocenters. The van der Waals surface area contributed by atoms with E-state index < -0.39 is 0 Å². The van der Waals surface area contributed by atoms with Crippen LogP contribution in [0.2, 0.25) is 0 Å². The van der Waals surface area contributed by atoms with Gasteiger partial charge in [0.2, 0.25) is 0 Å². The molecule has 1 N–H and O–H groups in total. The summed E-state index contributed by atoms with van der Waals surface area (Å²) < 4.78 is 5.19. The van der Waals surface area contributed by atoms with E-state index in [1.165, 1.54) is 17.3 Å². The van der Waals surface area contributed by atoms with Gasteiger partial charge in [0.15, 0.2) is 0 Å². The van der Waals surface area contributed by atoms with Gasteiger partial charge in [-0.3, -0.25) is 4.79 Å². The number of nitrogens with one attached hydrogen (secondary N) is 1. The largest absolute Gasteiger partial charge is 0.467 e. The van der Waals surface area contributed by atoms with Gasteiger partial charge in [-0.05, 0) is 29.7 Å². The Balaban J connectivity index is 1.41. The number of carbonyl (C=O) groups is 1. The van der Waals surface area contributed by atoms with Crippen molar-refractivity contribution >= 4 is 11.7 Å². The highest BCUT2D eigenvalue weighted by Gasteiger charge is 2.18. The number of benzene rings is 1. The van der Waals surface area contributed by atoms with Gasteiger partial charge in [-0.2, -0.15) is 0 Å². The Labute approximate surface area is 145 Å². The fourth-order valence-electron chi connectivity index (χ4n) is 2.96. The maximum Gasteiger partial charge on any atom is 0.271 e. The van der Waals surface area contributed by atoms with Crippen LogP contribution < -0.4 is 10.2 Å². The van der Waals surface area contributed by atoms with Crippen molar-refractivity contribution in [1.29, 1.82) is 0 Å². The van der Waals surface area contributed by atoms with Gasteiger partial charge < -0.3 is 14.6 Å². The molecule has 6 heteroatoms. The first-order valence-electron chi connectivity index (χ1n) is 8.24. The molecule has 1 aliphatic rings. The average molecular weight is 334 g/mol. The lowest BCUT2D eigenvalue weighted by molar-refractivity contribution is 0.0942. The van der Waals surface area contributed by atoms with Crippen molar-refractivity contribution in [3.05, 3.63) is 77.6 Å². The molecule has 0 spiro atoms. The molecular formula is C19H18N4O2. The number of hydrogen-bond acceptors (Lipinski definition) is 5. The van der Waals surface area contributed by atoms with Gasteiger partial charge in [-0.1, -0.05) is 24.3 Å². The van der Waals surface area contributed by atoms with Crippen molar-refractivity contribution in [2.24, 2.45) is 0 Å². The van der Waals surface area contributed by atoms with E-state index in [0.29, 0.717) is 18.0 Å². The molecule has 2 aromatic heterocycles. The molecule has 0 aliphatic carbocycles. The summed E-state index contributed by atoms with van der Waals surface area (Å²) >= 11 is 0. The molecule has 3 heterocycles. The minimum absolute atomic E-state index is 0.264. The Bertz CT molecular complexity index is 859. The number of carbonyl (C=O) groups excluding carboxylic acids is 1.